The van der Waals surface area contributed by atoms with Gasteiger partial charge in [0.05, 0.1) is 31.1 Å². The van der Waals surface area contributed by atoms with Crippen LogP contribution in [0.2, 0.25) is 0 Å². The van der Waals surface area contributed by atoms with E-state index in [1.807, 2.05) is 42.6 Å². The Balaban J connectivity index is 1.31. The first-order chi connectivity index (χ1) is 17.2. The van der Waals surface area contributed by atoms with Gasteiger partial charge in [-0.05, 0) is 53.8 Å². The average molecular weight is 483 g/mol. The number of ether oxygens (including phenoxy) is 1. The van der Waals surface area contributed by atoms with E-state index in [-0.39, 0.29) is 5.56 Å². The van der Waals surface area contributed by atoms with Crippen LogP contribution in [0, 0.1) is 0 Å². The van der Waals surface area contributed by atoms with Gasteiger partial charge in [-0.3, -0.25) is 14.3 Å². The third-order valence-corrected chi connectivity index (χ3v) is 8.04. The molecule has 1 atom stereocenters. The summed E-state index contributed by atoms with van der Waals surface area (Å²) in [5.41, 5.74) is 3.25. The predicted octanol–water partition coefficient (Wildman–Crippen LogP) is 4.71. The van der Waals surface area contributed by atoms with Crippen molar-refractivity contribution in [1.82, 2.24) is 19.9 Å². The summed E-state index contributed by atoms with van der Waals surface area (Å²) in [6, 6.07) is 18.6. The molecule has 35 heavy (non-hydrogen) atoms. The Morgan fingerprint density at radius 2 is 2.00 bits per heavy atom. The van der Waals surface area contributed by atoms with Gasteiger partial charge in [0.15, 0.2) is 0 Å². The maximum Gasteiger partial charge on any atom is 0.262 e. The summed E-state index contributed by atoms with van der Waals surface area (Å²) in [4.78, 5) is 24.9. The van der Waals surface area contributed by atoms with E-state index in [2.05, 4.69) is 28.5 Å². The van der Waals surface area contributed by atoms with Crippen molar-refractivity contribution in [1.29, 1.82) is 0 Å². The first kappa shape index (κ1) is 21.9. The van der Waals surface area contributed by atoms with Gasteiger partial charge in [0.25, 0.3) is 5.56 Å². The van der Waals surface area contributed by atoms with Gasteiger partial charge in [-0.1, -0.05) is 36.4 Å². The summed E-state index contributed by atoms with van der Waals surface area (Å²) >= 11 is 1.66. The molecule has 1 unspecified atom stereocenters. The van der Waals surface area contributed by atoms with E-state index in [0.717, 1.165) is 63.8 Å². The van der Waals surface area contributed by atoms with Crippen LogP contribution in [0.5, 0.6) is 5.75 Å². The smallest absolute Gasteiger partial charge is 0.262 e. The van der Waals surface area contributed by atoms with E-state index in [9.17, 15) is 4.79 Å². The second-order valence-electron chi connectivity index (χ2n) is 8.97. The molecule has 0 fully saturated rings. The number of hydrogen-bond acceptors (Lipinski definition) is 6. The van der Waals surface area contributed by atoms with Gasteiger partial charge in [-0.25, -0.2) is 4.98 Å². The van der Waals surface area contributed by atoms with Crippen molar-refractivity contribution in [2.75, 3.05) is 7.11 Å². The molecule has 2 aromatic carbocycles. The summed E-state index contributed by atoms with van der Waals surface area (Å²) < 4.78 is 7.38. The third kappa shape index (κ3) is 4.11. The fourth-order valence-electron chi connectivity index (χ4n) is 5.08. The standard InChI is InChI=1S/C28H26N4O2S/c1-34-24-12-9-18-6-2-3-8-21(18)23(24)16-32-17-31-27-26(28(32)33)22-11-10-19(14-25(22)35-27)30-15-20-7-4-5-13-29-20/h2-9,12-13,17,19,30H,10-11,14-16H2,1H3. The molecule has 1 aliphatic carbocycles. The number of nitrogens with zero attached hydrogens (tertiary/aromatic N) is 3. The van der Waals surface area contributed by atoms with Crippen LogP contribution in [0.3, 0.4) is 0 Å². The molecule has 0 spiro atoms. The number of nitrogens with one attached hydrogen (secondary N) is 1. The summed E-state index contributed by atoms with van der Waals surface area (Å²) in [6.07, 6.45) is 6.31. The molecule has 0 amide bonds. The number of methoxy groups -OCH3 is 1. The Hall–Kier alpha value is -3.55. The molecule has 3 aromatic heterocycles. The molecule has 0 bridgehead atoms. The fraction of sp³-hybridized carbons (Fsp3) is 0.250. The molecule has 0 aliphatic heterocycles. The van der Waals surface area contributed by atoms with Gasteiger partial charge in [0.1, 0.15) is 10.6 Å². The molecular weight excluding hydrogens is 456 g/mol. The van der Waals surface area contributed by atoms with E-state index < -0.39 is 0 Å². The first-order valence-corrected chi connectivity index (χ1v) is 12.7. The lowest BCUT2D eigenvalue weighted by atomic mass is 9.93. The molecule has 6 nitrogen and oxygen atoms in total. The second-order valence-corrected chi connectivity index (χ2v) is 10.1. The van der Waals surface area contributed by atoms with Crippen LogP contribution in [-0.4, -0.2) is 27.7 Å². The van der Waals surface area contributed by atoms with E-state index in [1.54, 1.807) is 29.3 Å². The average Bonchev–Trinajstić information content (AvgIpc) is 3.28. The van der Waals surface area contributed by atoms with Crippen LogP contribution in [0.4, 0.5) is 0 Å². The van der Waals surface area contributed by atoms with Crippen molar-refractivity contribution in [3.05, 3.63) is 99.2 Å². The number of rotatable bonds is 6. The third-order valence-electron chi connectivity index (χ3n) is 6.88. The lowest BCUT2D eigenvalue weighted by molar-refractivity contribution is 0.409. The van der Waals surface area contributed by atoms with Gasteiger partial charge >= 0.3 is 0 Å². The van der Waals surface area contributed by atoms with Crippen LogP contribution in [-0.2, 0) is 25.9 Å². The maximum absolute atomic E-state index is 13.7. The van der Waals surface area contributed by atoms with E-state index in [0.29, 0.717) is 12.6 Å². The van der Waals surface area contributed by atoms with Gasteiger partial charge in [0.2, 0.25) is 0 Å². The molecular formula is C28H26N4O2S. The monoisotopic (exact) mass is 482 g/mol. The number of thiophene rings is 1. The Bertz CT molecular complexity index is 1580. The molecule has 0 radical (unpaired) electrons. The molecule has 176 valence electrons. The predicted molar refractivity (Wildman–Crippen MR) is 140 cm³/mol. The lowest BCUT2D eigenvalue weighted by Crippen LogP contribution is -2.34. The van der Waals surface area contributed by atoms with Crippen LogP contribution < -0.4 is 15.6 Å². The summed E-state index contributed by atoms with van der Waals surface area (Å²) in [5, 5.41) is 6.64. The summed E-state index contributed by atoms with van der Waals surface area (Å²) in [7, 11) is 1.67. The first-order valence-electron chi connectivity index (χ1n) is 11.9. The molecule has 5 aromatic rings. The van der Waals surface area contributed by atoms with Gasteiger partial charge in [-0.15, -0.1) is 11.3 Å². The summed E-state index contributed by atoms with van der Waals surface area (Å²) in [6.45, 7) is 1.18. The van der Waals surface area contributed by atoms with Crippen LogP contribution in [0.1, 0.15) is 28.1 Å². The van der Waals surface area contributed by atoms with E-state index in [4.69, 9.17) is 9.72 Å². The maximum atomic E-state index is 13.7. The lowest BCUT2D eigenvalue weighted by Gasteiger charge is -2.23. The largest absolute Gasteiger partial charge is 0.496 e. The van der Waals surface area contributed by atoms with Crippen molar-refractivity contribution in [2.24, 2.45) is 0 Å². The molecule has 6 rings (SSSR count). The minimum Gasteiger partial charge on any atom is -0.496 e. The number of fused-ring (bicyclic) bond motifs is 4. The molecule has 1 N–H and O–H groups in total. The Labute approximate surface area is 207 Å². The van der Waals surface area contributed by atoms with Gasteiger partial charge in [0, 0.05) is 29.2 Å². The molecule has 0 saturated carbocycles. The van der Waals surface area contributed by atoms with Gasteiger partial charge < -0.3 is 10.1 Å². The highest BCUT2D eigenvalue weighted by molar-refractivity contribution is 7.18. The Kier molecular flexibility index (Phi) is 5.80. The van der Waals surface area contributed by atoms with Crippen molar-refractivity contribution in [3.63, 3.8) is 0 Å². The summed E-state index contributed by atoms with van der Waals surface area (Å²) in [5.74, 6) is 0.782. The fourth-order valence-corrected chi connectivity index (χ4v) is 6.34. The molecule has 3 heterocycles. The van der Waals surface area contributed by atoms with Crippen LogP contribution in [0.25, 0.3) is 21.0 Å². The number of aromatic nitrogens is 3. The van der Waals surface area contributed by atoms with Gasteiger partial charge in [-0.2, -0.15) is 0 Å². The van der Waals surface area contributed by atoms with Crippen LogP contribution >= 0.6 is 11.3 Å². The zero-order chi connectivity index (χ0) is 23.8. The molecule has 7 heteroatoms. The number of pyridine rings is 1. The highest BCUT2D eigenvalue weighted by Gasteiger charge is 2.25. The number of aryl methyl sites for hydroxylation is 1. The highest BCUT2D eigenvalue weighted by Crippen LogP contribution is 2.34. The number of hydrogen-bond donors (Lipinski definition) is 1. The topological polar surface area (TPSA) is 69.0 Å². The second kappa shape index (κ2) is 9.24. The molecule has 0 saturated heterocycles. The Morgan fingerprint density at radius 1 is 1.11 bits per heavy atom. The normalized spacial score (nSPS) is 15.4. The number of benzene rings is 2. The molecule has 1 aliphatic rings. The van der Waals surface area contributed by atoms with Crippen molar-refractivity contribution in [3.8, 4) is 5.75 Å². The zero-order valence-corrected chi connectivity index (χ0v) is 20.3. The SMILES string of the molecule is COc1ccc2ccccc2c1Cn1cnc2sc3c(c2c1=O)CCC(NCc1ccccn1)C3. The van der Waals surface area contributed by atoms with Crippen LogP contribution in [0.15, 0.2) is 71.9 Å². The van der Waals surface area contributed by atoms with Crippen molar-refractivity contribution < 1.29 is 4.74 Å². The Morgan fingerprint density at radius 3 is 2.86 bits per heavy atom. The highest BCUT2D eigenvalue weighted by atomic mass is 32.1. The minimum atomic E-state index is 0.0300. The quantitative estimate of drug-likeness (QED) is 0.380. The van der Waals surface area contributed by atoms with E-state index in [1.165, 1.54) is 10.4 Å². The zero-order valence-electron chi connectivity index (χ0n) is 19.5. The van der Waals surface area contributed by atoms with Crippen molar-refractivity contribution in [2.45, 2.75) is 38.4 Å². The van der Waals surface area contributed by atoms with E-state index >= 15 is 0 Å². The minimum absolute atomic E-state index is 0.0300. The van der Waals surface area contributed by atoms with Crippen molar-refractivity contribution >= 4 is 32.3 Å².